The maximum Gasteiger partial charge on any atom is 0.144 e. The molecule has 0 heterocycles. The van der Waals surface area contributed by atoms with Gasteiger partial charge in [-0.2, -0.15) is 0 Å². The van der Waals surface area contributed by atoms with Crippen LogP contribution in [0.25, 0.3) is 0 Å². The minimum atomic E-state index is -0.517. The van der Waals surface area contributed by atoms with Crippen LogP contribution in [0.1, 0.15) is 16.7 Å². The summed E-state index contributed by atoms with van der Waals surface area (Å²) in [5.74, 6) is -0.743. The molecule has 4 heteroatoms. The Morgan fingerprint density at radius 1 is 1.05 bits per heavy atom. The van der Waals surface area contributed by atoms with Crippen molar-refractivity contribution in [1.29, 1.82) is 0 Å². The minimum absolute atomic E-state index is 0.109. The second-order valence-electron chi connectivity index (χ2n) is 4.36. The molecular weight excluding hydrogens is 330 g/mol. The van der Waals surface area contributed by atoms with Gasteiger partial charge in [0, 0.05) is 16.2 Å². The number of benzene rings is 2. The summed E-state index contributed by atoms with van der Waals surface area (Å²) in [6.07, 6.45) is 0. The molecule has 0 aromatic heterocycles. The molecule has 0 bridgehead atoms. The predicted octanol–water partition coefficient (Wildman–Crippen LogP) is 5.64. The van der Waals surface area contributed by atoms with Crippen LogP contribution in [0.3, 0.4) is 0 Å². The van der Waals surface area contributed by atoms with Crippen molar-refractivity contribution in [2.24, 2.45) is 0 Å². The summed E-state index contributed by atoms with van der Waals surface area (Å²) in [6.45, 7) is 4.07. The lowest BCUT2D eigenvalue weighted by molar-refractivity contribution is 0.562. The Morgan fingerprint density at radius 2 is 1.79 bits per heavy atom. The molecule has 0 N–H and O–H groups in total. The first-order valence-corrected chi connectivity index (χ1v) is 7.59. The van der Waals surface area contributed by atoms with Crippen LogP contribution in [0.4, 0.5) is 8.78 Å². The van der Waals surface area contributed by atoms with E-state index in [-0.39, 0.29) is 11.3 Å². The summed E-state index contributed by atoms with van der Waals surface area (Å²) in [5.41, 5.74) is 2.50. The maximum absolute atomic E-state index is 13.8. The fraction of sp³-hybridized carbons (Fsp3) is 0.200. The molecule has 0 fully saturated rings. The standard InChI is InChI=1S/C15H13BrF2S/c1-9-3-4-11(7-10(9)2)19-8-12-14(17)6-5-13(16)15(12)18/h3-7H,8H2,1-2H3. The van der Waals surface area contributed by atoms with Crippen LogP contribution in [0, 0.1) is 25.5 Å². The highest BCUT2D eigenvalue weighted by Crippen LogP contribution is 2.29. The first kappa shape index (κ1) is 14.5. The number of hydrogen-bond acceptors (Lipinski definition) is 1. The summed E-state index contributed by atoms with van der Waals surface area (Å²) in [7, 11) is 0. The van der Waals surface area contributed by atoms with E-state index in [9.17, 15) is 8.78 Å². The Bertz CT molecular complexity index is 611. The third kappa shape index (κ3) is 3.37. The summed E-state index contributed by atoms with van der Waals surface area (Å²) in [6, 6.07) is 8.69. The highest BCUT2D eigenvalue weighted by Gasteiger charge is 2.12. The van der Waals surface area contributed by atoms with Gasteiger partial charge in [-0.15, -0.1) is 11.8 Å². The van der Waals surface area contributed by atoms with Crippen LogP contribution in [0.15, 0.2) is 39.7 Å². The molecule has 0 aliphatic rings. The summed E-state index contributed by atoms with van der Waals surface area (Å²) in [4.78, 5) is 1.02. The zero-order chi connectivity index (χ0) is 14.0. The van der Waals surface area contributed by atoms with E-state index in [2.05, 4.69) is 15.9 Å². The summed E-state index contributed by atoms with van der Waals surface area (Å²) < 4.78 is 27.7. The number of halogens is 3. The predicted molar refractivity (Wildman–Crippen MR) is 79.5 cm³/mol. The van der Waals surface area contributed by atoms with Gasteiger partial charge in [-0.25, -0.2) is 8.78 Å². The van der Waals surface area contributed by atoms with Crippen molar-refractivity contribution in [3.05, 3.63) is 63.1 Å². The van der Waals surface area contributed by atoms with Gasteiger partial charge in [0.15, 0.2) is 0 Å². The van der Waals surface area contributed by atoms with Crippen molar-refractivity contribution in [2.45, 2.75) is 24.5 Å². The second-order valence-corrected chi connectivity index (χ2v) is 6.26. The SMILES string of the molecule is Cc1ccc(SCc2c(F)ccc(Br)c2F)cc1C. The lowest BCUT2D eigenvalue weighted by atomic mass is 10.1. The number of aryl methyl sites for hydroxylation is 2. The summed E-state index contributed by atoms with van der Waals surface area (Å²) in [5, 5.41) is 0. The maximum atomic E-state index is 13.8. The molecule has 0 spiro atoms. The molecule has 0 aliphatic carbocycles. The number of rotatable bonds is 3. The normalized spacial score (nSPS) is 10.8. The van der Waals surface area contributed by atoms with Gasteiger partial charge in [-0.05, 0) is 65.2 Å². The fourth-order valence-electron chi connectivity index (χ4n) is 1.66. The molecule has 0 amide bonds. The lowest BCUT2D eigenvalue weighted by Gasteiger charge is -2.08. The quantitative estimate of drug-likeness (QED) is 0.514. The summed E-state index contributed by atoms with van der Waals surface area (Å²) >= 11 is 4.51. The average Bonchev–Trinajstić information content (AvgIpc) is 2.38. The van der Waals surface area contributed by atoms with Crippen LogP contribution >= 0.6 is 27.7 Å². The molecule has 0 aliphatic heterocycles. The highest BCUT2D eigenvalue weighted by atomic mass is 79.9. The van der Waals surface area contributed by atoms with Crippen molar-refractivity contribution in [3.8, 4) is 0 Å². The van der Waals surface area contributed by atoms with Crippen LogP contribution in [-0.4, -0.2) is 0 Å². The van der Waals surface area contributed by atoms with Gasteiger partial charge in [0.2, 0.25) is 0 Å². The van der Waals surface area contributed by atoms with E-state index in [0.717, 1.165) is 4.90 Å². The van der Waals surface area contributed by atoms with Gasteiger partial charge in [-0.3, -0.25) is 0 Å². The minimum Gasteiger partial charge on any atom is -0.207 e. The van der Waals surface area contributed by atoms with E-state index in [4.69, 9.17) is 0 Å². The first-order chi connectivity index (χ1) is 8.99. The van der Waals surface area contributed by atoms with E-state index in [0.29, 0.717) is 4.47 Å². The number of hydrogen-bond donors (Lipinski definition) is 0. The van der Waals surface area contributed by atoms with Crippen molar-refractivity contribution >= 4 is 27.7 Å². The third-order valence-corrected chi connectivity index (χ3v) is 4.63. The molecule has 0 radical (unpaired) electrons. The van der Waals surface area contributed by atoms with Crippen LogP contribution in [0.5, 0.6) is 0 Å². The lowest BCUT2D eigenvalue weighted by Crippen LogP contribution is -1.94. The van der Waals surface area contributed by atoms with Crippen molar-refractivity contribution in [1.82, 2.24) is 0 Å². The first-order valence-electron chi connectivity index (χ1n) is 5.81. The van der Waals surface area contributed by atoms with E-state index in [1.54, 1.807) is 0 Å². The van der Waals surface area contributed by atoms with Crippen LogP contribution in [-0.2, 0) is 5.75 Å². The molecule has 0 atom stereocenters. The van der Waals surface area contributed by atoms with E-state index < -0.39 is 11.6 Å². The molecule has 0 nitrogen and oxygen atoms in total. The third-order valence-electron chi connectivity index (χ3n) is 3.00. The molecule has 0 unspecified atom stereocenters. The molecule has 0 saturated heterocycles. The Balaban J connectivity index is 2.19. The van der Waals surface area contributed by atoms with Gasteiger partial charge in [0.25, 0.3) is 0 Å². The molecule has 0 saturated carbocycles. The largest absolute Gasteiger partial charge is 0.207 e. The zero-order valence-electron chi connectivity index (χ0n) is 10.6. The van der Waals surface area contributed by atoms with Crippen LogP contribution < -0.4 is 0 Å². The Morgan fingerprint density at radius 3 is 2.47 bits per heavy atom. The van der Waals surface area contributed by atoms with Gasteiger partial charge >= 0.3 is 0 Å². The Hall–Kier alpha value is -0.870. The van der Waals surface area contributed by atoms with E-state index in [1.165, 1.54) is 35.0 Å². The zero-order valence-corrected chi connectivity index (χ0v) is 13.0. The molecule has 100 valence electrons. The smallest absolute Gasteiger partial charge is 0.144 e. The van der Waals surface area contributed by atoms with Crippen molar-refractivity contribution in [2.75, 3.05) is 0 Å². The van der Waals surface area contributed by atoms with E-state index in [1.807, 2.05) is 32.0 Å². The molecule has 2 aromatic carbocycles. The van der Waals surface area contributed by atoms with E-state index >= 15 is 0 Å². The Kier molecular flexibility index (Phi) is 4.63. The van der Waals surface area contributed by atoms with Gasteiger partial charge in [0.05, 0.1) is 4.47 Å². The van der Waals surface area contributed by atoms with Gasteiger partial charge < -0.3 is 0 Å². The fourth-order valence-corrected chi connectivity index (χ4v) is 3.03. The van der Waals surface area contributed by atoms with Crippen molar-refractivity contribution < 1.29 is 8.78 Å². The topological polar surface area (TPSA) is 0 Å². The second kappa shape index (κ2) is 6.06. The molecule has 2 rings (SSSR count). The van der Waals surface area contributed by atoms with Crippen molar-refractivity contribution in [3.63, 3.8) is 0 Å². The number of thioether (sulfide) groups is 1. The molecule has 2 aromatic rings. The van der Waals surface area contributed by atoms with Gasteiger partial charge in [-0.1, -0.05) is 6.07 Å². The molecular formula is C15H13BrF2S. The highest BCUT2D eigenvalue weighted by molar-refractivity contribution is 9.10. The van der Waals surface area contributed by atoms with Crippen LogP contribution in [0.2, 0.25) is 0 Å². The molecule has 19 heavy (non-hydrogen) atoms. The average molecular weight is 343 g/mol. The Labute approximate surface area is 124 Å². The monoisotopic (exact) mass is 342 g/mol. The van der Waals surface area contributed by atoms with Gasteiger partial charge in [0.1, 0.15) is 11.6 Å².